The van der Waals surface area contributed by atoms with Gasteiger partial charge in [-0.3, -0.25) is 4.79 Å². The Morgan fingerprint density at radius 1 is 0.963 bits per heavy atom. The van der Waals surface area contributed by atoms with Gasteiger partial charge in [-0.1, -0.05) is 44.4 Å². The van der Waals surface area contributed by atoms with Crippen molar-refractivity contribution in [3.8, 4) is 5.75 Å². The van der Waals surface area contributed by atoms with Crippen LogP contribution in [0.15, 0.2) is 48.5 Å². The molecule has 2 aromatic carbocycles. The highest BCUT2D eigenvalue weighted by atomic mass is 16.5. The van der Waals surface area contributed by atoms with Crippen LogP contribution in [0.3, 0.4) is 0 Å². The molecule has 5 nitrogen and oxygen atoms in total. The zero-order chi connectivity index (χ0) is 19.5. The lowest BCUT2D eigenvalue weighted by molar-refractivity contribution is -0.119. The summed E-state index contributed by atoms with van der Waals surface area (Å²) in [5.74, 6) is -0.186. The fraction of sp³-hybridized carbons (Fsp3) is 0.364. The number of hydrogen-bond acceptors (Lipinski definition) is 4. The lowest BCUT2D eigenvalue weighted by Gasteiger charge is -2.09. The van der Waals surface area contributed by atoms with Gasteiger partial charge in [0.15, 0.2) is 6.61 Å². The molecule has 0 saturated heterocycles. The molecule has 2 rings (SSSR count). The van der Waals surface area contributed by atoms with Gasteiger partial charge in [0.25, 0.3) is 5.91 Å². The molecule has 0 aliphatic carbocycles. The Hall–Kier alpha value is -2.82. The minimum absolute atomic E-state index is 0.331. The van der Waals surface area contributed by atoms with Gasteiger partial charge in [-0.25, -0.2) is 4.79 Å². The van der Waals surface area contributed by atoms with E-state index in [2.05, 4.69) is 12.2 Å². The number of unbranched alkanes of at least 4 members (excludes halogenated alkanes) is 3. The van der Waals surface area contributed by atoms with Crippen LogP contribution in [0, 0.1) is 6.92 Å². The molecule has 0 saturated carbocycles. The Labute approximate surface area is 160 Å². The molecule has 0 atom stereocenters. The molecule has 0 heterocycles. The van der Waals surface area contributed by atoms with Crippen molar-refractivity contribution in [3.63, 3.8) is 0 Å². The minimum Gasteiger partial charge on any atom is -0.494 e. The van der Waals surface area contributed by atoms with E-state index in [0.29, 0.717) is 17.9 Å². The summed E-state index contributed by atoms with van der Waals surface area (Å²) in [7, 11) is 0. The summed E-state index contributed by atoms with van der Waals surface area (Å²) in [4.78, 5) is 24.0. The molecule has 5 heteroatoms. The number of ether oxygens (including phenoxy) is 2. The maximum absolute atomic E-state index is 12.1. The number of hydrogen-bond donors (Lipinski definition) is 1. The highest BCUT2D eigenvalue weighted by Gasteiger charge is 2.11. The highest BCUT2D eigenvalue weighted by Crippen LogP contribution is 2.15. The Balaban J connectivity index is 1.75. The van der Waals surface area contributed by atoms with Crippen LogP contribution in [0.5, 0.6) is 5.75 Å². The van der Waals surface area contributed by atoms with Crippen LogP contribution in [0.4, 0.5) is 5.69 Å². The highest BCUT2D eigenvalue weighted by molar-refractivity contribution is 5.95. The third-order valence-corrected chi connectivity index (χ3v) is 4.11. The molecule has 0 unspecified atom stereocenters. The van der Waals surface area contributed by atoms with E-state index in [-0.39, 0.29) is 12.5 Å². The van der Waals surface area contributed by atoms with E-state index in [4.69, 9.17) is 9.47 Å². The van der Waals surface area contributed by atoms with Crippen LogP contribution in [-0.4, -0.2) is 25.1 Å². The number of carbonyl (C=O) groups excluding carboxylic acids is 2. The first-order valence-electron chi connectivity index (χ1n) is 9.35. The third-order valence-electron chi connectivity index (χ3n) is 4.11. The van der Waals surface area contributed by atoms with Crippen LogP contribution in [0.2, 0.25) is 0 Å². The molecule has 0 radical (unpaired) electrons. The number of aryl methyl sites for hydroxylation is 1. The van der Waals surface area contributed by atoms with Gasteiger partial charge in [0.05, 0.1) is 12.2 Å². The lowest BCUT2D eigenvalue weighted by atomic mass is 10.2. The van der Waals surface area contributed by atoms with Crippen molar-refractivity contribution < 1.29 is 19.1 Å². The van der Waals surface area contributed by atoms with Crippen molar-refractivity contribution in [2.24, 2.45) is 0 Å². The number of para-hydroxylation sites is 1. The molecule has 0 aliphatic heterocycles. The normalized spacial score (nSPS) is 10.3. The Morgan fingerprint density at radius 2 is 1.70 bits per heavy atom. The van der Waals surface area contributed by atoms with Gasteiger partial charge in [0.2, 0.25) is 0 Å². The van der Waals surface area contributed by atoms with Gasteiger partial charge in [-0.15, -0.1) is 0 Å². The molecule has 2 aromatic rings. The maximum Gasteiger partial charge on any atom is 0.338 e. The largest absolute Gasteiger partial charge is 0.494 e. The average Bonchev–Trinajstić information content (AvgIpc) is 2.68. The molecule has 0 spiro atoms. The monoisotopic (exact) mass is 369 g/mol. The predicted octanol–water partition coefficient (Wildman–Crippen LogP) is 4.75. The number of nitrogens with one attached hydrogen (secondary N) is 1. The van der Waals surface area contributed by atoms with Gasteiger partial charge in [0.1, 0.15) is 5.75 Å². The van der Waals surface area contributed by atoms with Crippen LogP contribution in [0.1, 0.15) is 48.5 Å². The molecule has 144 valence electrons. The van der Waals surface area contributed by atoms with Gasteiger partial charge >= 0.3 is 5.97 Å². The fourth-order valence-corrected chi connectivity index (χ4v) is 2.52. The van der Waals surface area contributed by atoms with Crippen molar-refractivity contribution in [1.29, 1.82) is 0 Å². The molecule has 0 bridgehead atoms. The second-order valence-corrected chi connectivity index (χ2v) is 6.37. The van der Waals surface area contributed by atoms with Gasteiger partial charge in [0, 0.05) is 5.69 Å². The number of benzene rings is 2. The topological polar surface area (TPSA) is 64.6 Å². The van der Waals surface area contributed by atoms with Crippen LogP contribution in [-0.2, 0) is 9.53 Å². The van der Waals surface area contributed by atoms with Gasteiger partial charge < -0.3 is 14.8 Å². The summed E-state index contributed by atoms with van der Waals surface area (Å²) in [5, 5.41) is 2.73. The summed E-state index contributed by atoms with van der Waals surface area (Å²) in [6.07, 6.45) is 4.59. The van der Waals surface area contributed by atoms with E-state index in [1.54, 1.807) is 30.3 Å². The minimum atomic E-state index is -0.538. The van der Waals surface area contributed by atoms with E-state index in [1.165, 1.54) is 12.8 Å². The quantitative estimate of drug-likeness (QED) is 0.485. The molecule has 1 N–H and O–H groups in total. The molecule has 0 aliphatic rings. The van der Waals surface area contributed by atoms with Crippen LogP contribution >= 0.6 is 0 Å². The summed E-state index contributed by atoms with van der Waals surface area (Å²) >= 11 is 0. The lowest BCUT2D eigenvalue weighted by Crippen LogP contribution is -2.21. The zero-order valence-electron chi connectivity index (χ0n) is 16.0. The summed E-state index contributed by atoms with van der Waals surface area (Å²) in [6, 6.07) is 14.2. The molecule has 0 fully saturated rings. The van der Waals surface area contributed by atoms with Crippen molar-refractivity contribution in [2.75, 3.05) is 18.5 Å². The first kappa shape index (κ1) is 20.5. The first-order chi connectivity index (χ1) is 13.1. The van der Waals surface area contributed by atoms with E-state index in [0.717, 1.165) is 24.2 Å². The maximum atomic E-state index is 12.1. The van der Waals surface area contributed by atoms with Crippen molar-refractivity contribution in [2.45, 2.75) is 39.5 Å². The fourth-order valence-electron chi connectivity index (χ4n) is 2.52. The number of esters is 1. The van der Waals surface area contributed by atoms with E-state index in [9.17, 15) is 9.59 Å². The van der Waals surface area contributed by atoms with Gasteiger partial charge in [-0.05, 0) is 49.2 Å². The molecule has 27 heavy (non-hydrogen) atoms. The molecule has 1 amide bonds. The van der Waals surface area contributed by atoms with Gasteiger partial charge in [-0.2, -0.15) is 0 Å². The summed E-state index contributed by atoms with van der Waals surface area (Å²) < 4.78 is 10.7. The Bertz CT molecular complexity index is 740. The Morgan fingerprint density at radius 3 is 2.41 bits per heavy atom. The summed E-state index contributed by atoms with van der Waals surface area (Å²) in [6.45, 7) is 4.41. The number of amides is 1. The second-order valence-electron chi connectivity index (χ2n) is 6.37. The second kappa shape index (κ2) is 11.0. The number of rotatable bonds is 10. The molecular formula is C22H27NO4. The molecule has 0 aromatic heterocycles. The predicted molar refractivity (Wildman–Crippen MR) is 106 cm³/mol. The number of anilines is 1. The van der Waals surface area contributed by atoms with Crippen molar-refractivity contribution in [1.82, 2.24) is 0 Å². The SMILES string of the molecule is CCCCCCOc1ccc(C(=O)OCC(=O)Nc2ccccc2C)cc1. The summed E-state index contributed by atoms with van der Waals surface area (Å²) in [5.41, 5.74) is 2.04. The third kappa shape index (κ3) is 7.13. The molecular weight excluding hydrogens is 342 g/mol. The van der Waals surface area contributed by atoms with E-state index < -0.39 is 5.97 Å². The smallest absolute Gasteiger partial charge is 0.338 e. The van der Waals surface area contributed by atoms with E-state index in [1.807, 2.05) is 25.1 Å². The number of carbonyl (C=O) groups is 2. The first-order valence-corrected chi connectivity index (χ1v) is 9.35. The van der Waals surface area contributed by atoms with Crippen LogP contribution in [0.25, 0.3) is 0 Å². The van der Waals surface area contributed by atoms with Crippen molar-refractivity contribution in [3.05, 3.63) is 59.7 Å². The van der Waals surface area contributed by atoms with E-state index >= 15 is 0 Å². The zero-order valence-corrected chi connectivity index (χ0v) is 16.0. The van der Waals surface area contributed by atoms with Crippen molar-refractivity contribution >= 4 is 17.6 Å². The Kier molecular flexibility index (Phi) is 8.36. The average molecular weight is 369 g/mol. The van der Waals surface area contributed by atoms with Crippen LogP contribution < -0.4 is 10.1 Å². The standard InChI is InChI=1S/C22H27NO4/c1-3-4-5-8-15-26-19-13-11-18(12-14-19)22(25)27-16-21(24)23-20-10-7-6-9-17(20)2/h6-7,9-14H,3-5,8,15-16H2,1-2H3,(H,23,24).